The van der Waals surface area contributed by atoms with E-state index >= 15 is 0 Å². The smallest absolute Gasteiger partial charge is 0.243 e. The second kappa shape index (κ2) is 5.63. The molecule has 0 radical (unpaired) electrons. The number of hydrogen-bond donors (Lipinski definition) is 1. The van der Waals surface area contributed by atoms with Crippen LogP contribution in [-0.4, -0.2) is 27.0 Å². The van der Waals surface area contributed by atoms with Crippen molar-refractivity contribution in [3.8, 4) is 11.5 Å². The molecule has 0 saturated carbocycles. The molecule has 2 aliphatic rings. The first-order valence-corrected chi connectivity index (χ1v) is 8.35. The van der Waals surface area contributed by atoms with Crippen molar-refractivity contribution in [3.63, 3.8) is 0 Å². The van der Waals surface area contributed by atoms with Gasteiger partial charge in [-0.05, 0) is 52.2 Å². The van der Waals surface area contributed by atoms with Crippen LogP contribution in [0.15, 0.2) is 42.5 Å². The number of aromatic nitrogens is 4. The van der Waals surface area contributed by atoms with Gasteiger partial charge in [-0.1, -0.05) is 34.9 Å². The van der Waals surface area contributed by atoms with Gasteiger partial charge in [-0.3, -0.25) is 0 Å². The van der Waals surface area contributed by atoms with Gasteiger partial charge in [0.1, 0.15) is 0 Å². The maximum atomic E-state index is 6.02. The molecule has 2 atom stereocenters. The third-order valence-electron chi connectivity index (χ3n) is 4.60. The number of tetrazole rings is 1. The van der Waals surface area contributed by atoms with Crippen molar-refractivity contribution in [1.82, 2.24) is 20.2 Å². The number of rotatable bonds is 2. The average molecular weight is 356 g/mol. The molecule has 126 valence electrons. The van der Waals surface area contributed by atoms with Crippen molar-refractivity contribution >= 4 is 17.5 Å². The van der Waals surface area contributed by atoms with E-state index in [1.54, 1.807) is 0 Å². The highest BCUT2D eigenvalue weighted by atomic mass is 35.5. The van der Waals surface area contributed by atoms with Crippen LogP contribution in [0.1, 0.15) is 29.6 Å². The number of nitrogens with one attached hydrogen (secondary N) is 1. The first-order chi connectivity index (χ1) is 12.3. The molecule has 2 aromatic carbocycles. The van der Waals surface area contributed by atoms with E-state index in [9.17, 15) is 0 Å². The lowest BCUT2D eigenvalue weighted by Gasteiger charge is -2.31. The van der Waals surface area contributed by atoms with Crippen LogP contribution in [-0.2, 0) is 0 Å². The monoisotopic (exact) mass is 355 g/mol. The molecule has 25 heavy (non-hydrogen) atoms. The molecule has 2 aliphatic heterocycles. The van der Waals surface area contributed by atoms with Crippen LogP contribution in [0.25, 0.3) is 0 Å². The zero-order valence-electron chi connectivity index (χ0n) is 13.1. The predicted octanol–water partition coefficient (Wildman–Crippen LogP) is 3.20. The number of ether oxygens (including phenoxy) is 2. The standard InChI is InChI=1S/C17H14ClN5O2/c18-12-4-1-10(2-5-12)14-8-13(19-17-20-21-22-23(14)17)11-3-6-15-16(7-11)25-9-24-15/h1-7,13-14H,8-9H2,(H,19,20,22). The topological polar surface area (TPSA) is 74.1 Å². The van der Waals surface area contributed by atoms with Crippen LogP contribution in [0.5, 0.6) is 11.5 Å². The Morgan fingerprint density at radius 2 is 1.84 bits per heavy atom. The highest BCUT2D eigenvalue weighted by Gasteiger charge is 2.31. The Hall–Kier alpha value is -2.80. The van der Waals surface area contributed by atoms with Crippen molar-refractivity contribution < 1.29 is 9.47 Å². The fourth-order valence-corrected chi connectivity index (χ4v) is 3.47. The summed E-state index contributed by atoms with van der Waals surface area (Å²) >= 11 is 6.02. The van der Waals surface area contributed by atoms with E-state index < -0.39 is 0 Å². The number of benzene rings is 2. The maximum Gasteiger partial charge on any atom is 0.243 e. The highest BCUT2D eigenvalue weighted by molar-refractivity contribution is 6.30. The van der Waals surface area contributed by atoms with E-state index in [-0.39, 0.29) is 18.9 Å². The maximum absolute atomic E-state index is 6.02. The van der Waals surface area contributed by atoms with Gasteiger partial charge in [-0.15, -0.1) is 0 Å². The van der Waals surface area contributed by atoms with Crippen molar-refractivity contribution in [1.29, 1.82) is 0 Å². The molecule has 1 N–H and O–H groups in total. The second-order valence-corrected chi connectivity index (χ2v) is 6.50. The number of nitrogens with zero attached hydrogens (tertiary/aromatic N) is 4. The lowest BCUT2D eigenvalue weighted by Crippen LogP contribution is -2.28. The predicted molar refractivity (Wildman–Crippen MR) is 91.0 cm³/mol. The summed E-state index contributed by atoms with van der Waals surface area (Å²) in [6, 6.07) is 13.9. The Morgan fingerprint density at radius 1 is 1.04 bits per heavy atom. The normalized spacial score (nSPS) is 20.8. The van der Waals surface area contributed by atoms with Crippen LogP contribution in [0.2, 0.25) is 5.02 Å². The zero-order chi connectivity index (χ0) is 16.8. The highest BCUT2D eigenvalue weighted by Crippen LogP contribution is 2.40. The van der Waals surface area contributed by atoms with Crippen molar-refractivity contribution in [2.45, 2.75) is 18.5 Å². The molecule has 0 fully saturated rings. The minimum Gasteiger partial charge on any atom is -0.454 e. The summed E-state index contributed by atoms with van der Waals surface area (Å²) in [4.78, 5) is 0. The van der Waals surface area contributed by atoms with Crippen LogP contribution in [0.4, 0.5) is 5.95 Å². The first-order valence-electron chi connectivity index (χ1n) is 7.97. The third kappa shape index (κ3) is 2.47. The van der Waals surface area contributed by atoms with Crippen molar-refractivity contribution in [3.05, 3.63) is 58.6 Å². The molecule has 0 saturated heterocycles. The van der Waals surface area contributed by atoms with Crippen LogP contribution >= 0.6 is 11.6 Å². The summed E-state index contributed by atoms with van der Waals surface area (Å²) < 4.78 is 12.7. The molecule has 0 spiro atoms. The Balaban J connectivity index is 1.52. The molecule has 0 amide bonds. The average Bonchev–Trinajstić information content (AvgIpc) is 3.29. The van der Waals surface area contributed by atoms with Crippen LogP contribution < -0.4 is 14.8 Å². The number of hydrogen-bond acceptors (Lipinski definition) is 6. The molecule has 3 heterocycles. The van der Waals surface area contributed by atoms with Crippen LogP contribution in [0.3, 0.4) is 0 Å². The van der Waals surface area contributed by atoms with Gasteiger partial charge >= 0.3 is 0 Å². The molecule has 0 bridgehead atoms. The van der Waals surface area contributed by atoms with Gasteiger partial charge in [0.05, 0.1) is 12.1 Å². The molecule has 1 aromatic heterocycles. The second-order valence-electron chi connectivity index (χ2n) is 6.06. The van der Waals surface area contributed by atoms with Crippen LogP contribution in [0, 0.1) is 0 Å². The lowest BCUT2D eigenvalue weighted by molar-refractivity contribution is 0.174. The first kappa shape index (κ1) is 14.5. The van der Waals surface area contributed by atoms with E-state index in [2.05, 4.69) is 20.8 Å². The fraction of sp³-hybridized carbons (Fsp3) is 0.235. The number of anilines is 1. The van der Waals surface area contributed by atoms with Gasteiger partial charge < -0.3 is 14.8 Å². The van der Waals surface area contributed by atoms with Gasteiger partial charge in [0.2, 0.25) is 12.7 Å². The van der Waals surface area contributed by atoms with E-state index in [0.717, 1.165) is 29.0 Å². The summed E-state index contributed by atoms with van der Waals surface area (Å²) in [5.41, 5.74) is 2.22. The lowest BCUT2D eigenvalue weighted by atomic mass is 9.93. The number of fused-ring (bicyclic) bond motifs is 2. The SMILES string of the molecule is Clc1ccc(C2CC(c3ccc4c(c3)OCO4)Nc3nnnn32)cc1. The summed E-state index contributed by atoms with van der Waals surface area (Å²) in [5, 5.41) is 16.2. The molecule has 8 heteroatoms. The van der Waals surface area contributed by atoms with E-state index in [0.29, 0.717) is 11.0 Å². The Bertz CT molecular complexity index is 927. The van der Waals surface area contributed by atoms with E-state index in [1.165, 1.54) is 0 Å². The quantitative estimate of drug-likeness (QED) is 0.761. The molecule has 3 aromatic rings. The molecular formula is C17H14ClN5O2. The van der Waals surface area contributed by atoms with Crippen molar-refractivity contribution in [2.75, 3.05) is 12.1 Å². The van der Waals surface area contributed by atoms with Gasteiger partial charge in [0.15, 0.2) is 11.5 Å². The Labute approximate surface area is 148 Å². The third-order valence-corrected chi connectivity index (χ3v) is 4.86. The largest absolute Gasteiger partial charge is 0.454 e. The molecule has 7 nitrogen and oxygen atoms in total. The summed E-state index contributed by atoms with van der Waals surface area (Å²) in [6.45, 7) is 0.266. The molecule has 0 aliphatic carbocycles. The minimum atomic E-state index is 0.0268. The van der Waals surface area contributed by atoms with Gasteiger partial charge in [-0.2, -0.15) is 0 Å². The minimum absolute atomic E-state index is 0.0268. The summed E-state index contributed by atoms with van der Waals surface area (Å²) in [7, 11) is 0. The van der Waals surface area contributed by atoms with Gasteiger partial charge in [0, 0.05) is 5.02 Å². The molecular weight excluding hydrogens is 342 g/mol. The summed E-state index contributed by atoms with van der Waals surface area (Å²) in [5.74, 6) is 2.19. The number of halogens is 1. The fourth-order valence-electron chi connectivity index (χ4n) is 3.35. The Morgan fingerprint density at radius 3 is 2.72 bits per heavy atom. The van der Waals surface area contributed by atoms with Gasteiger partial charge in [0.25, 0.3) is 0 Å². The summed E-state index contributed by atoms with van der Waals surface area (Å²) in [6.07, 6.45) is 0.805. The molecule has 2 unspecified atom stereocenters. The molecule has 5 rings (SSSR count). The van der Waals surface area contributed by atoms with E-state index in [1.807, 2.05) is 47.1 Å². The Kier molecular flexibility index (Phi) is 3.27. The van der Waals surface area contributed by atoms with Gasteiger partial charge in [-0.25, -0.2) is 4.68 Å². The zero-order valence-corrected chi connectivity index (χ0v) is 13.8. The van der Waals surface area contributed by atoms with Crippen molar-refractivity contribution in [2.24, 2.45) is 0 Å². The van der Waals surface area contributed by atoms with E-state index in [4.69, 9.17) is 21.1 Å².